The number of nitrogens with one attached hydrogen (secondary N) is 1. The third-order valence-electron chi connectivity index (χ3n) is 6.13. The Morgan fingerprint density at radius 3 is 1.80 bits per heavy atom. The van der Waals surface area contributed by atoms with Crippen LogP contribution >= 0.6 is 0 Å². The second-order valence-electron chi connectivity index (χ2n) is 7.80. The van der Waals surface area contributed by atoms with E-state index in [1.807, 2.05) is 12.3 Å². The van der Waals surface area contributed by atoms with E-state index >= 15 is 0 Å². The van der Waals surface area contributed by atoms with Gasteiger partial charge in [-0.1, -0.05) is 103 Å². The molecule has 0 bridgehead atoms. The first-order valence-corrected chi connectivity index (χ1v) is 10.4. The lowest BCUT2D eigenvalue weighted by atomic mass is 9.85. The van der Waals surface area contributed by atoms with Gasteiger partial charge in [0.2, 0.25) is 0 Å². The molecular weight excluding hydrogens is 362 g/mol. The van der Waals surface area contributed by atoms with Crippen molar-refractivity contribution in [3.63, 3.8) is 0 Å². The highest BCUT2D eigenvalue weighted by Crippen LogP contribution is 2.43. The number of rotatable bonds is 2. The van der Waals surface area contributed by atoms with Crippen LogP contribution in [0.15, 0.2) is 115 Å². The second kappa shape index (κ2) is 6.89. The molecule has 6 rings (SSSR count). The van der Waals surface area contributed by atoms with Crippen LogP contribution in [0.25, 0.3) is 43.4 Å². The Morgan fingerprint density at radius 1 is 0.533 bits per heavy atom. The lowest BCUT2D eigenvalue weighted by Gasteiger charge is -2.23. The van der Waals surface area contributed by atoms with Crippen LogP contribution in [0.3, 0.4) is 0 Å². The molecule has 30 heavy (non-hydrogen) atoms. The first-order chi connectivity index (χ1) is 14.9. The Labute approximate surface area is 176 Å². The predicted octanol–water partition coefficient (Wildman–Crippen LogP) is 7.53. The first-order valence-electron chi connectivity index (χ1n) is 10.4. The number of fused-ring (bicyclic) bond motifs is 6. The van der Waals surface area contributed by atoms with E-state index in [1.54, 1.807) is 0 Å². The SMILES string of the molecule is C1=CNC(c2ccc3c4ccccc4c4ccccc4c3c2-c2ccccc2)C=C1. The van der Waals surface area contributed by atoms with Crippen molar-refractivity contribution in [2.75, 3.05) is 0 Å². The summed E-state index contributed by atoms with van der Waals surface area (Å²) in [4.78, 5) is 0. The molecule has 142 valence electrons. The van der Waals surface area contributed by atoms with Gasteiger partial charge in [-0.05, 0) is 61.3 Å². The number of hydrogen-bond acceptors (Lipinski definition) is 1. The largest absolute Gasteiger partial charge is 0.381 e. The van der Waals surface area contributed by atoms with E-state index < -0.39 is 0 Å². The van der Waals surface area contributed by atoms with E-state index in [0.717, 1.165) is 0 Å². The maximum absolute atomic E-state index is 3.53. The minimum atomic E-state index is 0.153. The number of dihydropyridines is 1. The molecular formula is C29H21N. The van der Waals surface area contributed by atoms with Crippen molar-refractivity contribution in [2.45, 2.75) is 6.04 Å². The van der Waals surface area contributed by atoms with Crippen LogP contribution in [0.2, 0.25) is 0 Å². The summed E-state index contributed by atoms with van der Waals surface area (Å²) in [6, 6.07) is 33.1. The molecule has 0 aromatic heterocycles. The fraction of sp³-hybridized carbons (Fsp3) is 0.0345. The van der Waals surface area contributed by atoms with Crippen molar-refractivity contribution in [3.8, 4) is 11.1 Å². The van der Waals surface area contributed by atoms with Gasteiger partial charge in [0.05, 0.1) is 6.04 Å². The fourth-order valence-corrected chi connectivity index (χ4v) is 4.83. The molecule has 1 aliphatic rings. The lowest BCUT2D eigenvalue weighted by molar-refractivity contribution is 0.749. The van der Waals surface area contributed by atoms with E-state index in [4.69, 9.17) is 0 Å². The molecule has 5 aromatic rings. The number of hydrogen-bond donors (Lipinski definition) is 1. The summed E-state index contributed by atoms with van der Waals surface area (Å²) in [5, 5.41) is 11.4. The molecule has 1 atom stereocenters. The zero-order chi connectivity index (χ0) is 19.9. The normalized spacial score (nSPS) is 15.7. The van der Waals surface area contributed by atoms with Crippen molar-refractivity contribution < 1.29 is 0 Å². The van der Waals surface area contributed by atoms with Gasteiger partial charge in [-0.3, -0.25) is 0 Å². The van der Waals surface area contributed by atoms with Crippen molar-refractivity contribution in [1.29, 1.82) is 0 Å². The molecule has 0 saturated carbocycles. The fourth-order valence-electron chi connectivity index (χ4n) is 4.83. The van der Waals surface area contributed by atoms with Gasteiger partial charge in [0.25, 0.3) is 0 Å². The van der Waals surface area contributed by atoms with Gasteiger partial charge in [-0.25, -0.2) is 0 Å². The highest BCUT2D eigenvalue weighted by Gasteiger charge is 2.19. The van der Waals surface area contributed by atoms with Crippen molar-refractivity contribution >= 4 is 32.3 Å². The van der Waals surface area contributed by atoms with E-state index in [-0.39, 0.29) is 6.04 Å². The van der Waals surface area contributed by atoms with E-state index in [2.05, 4.69) is 108 Å². The summed E-state index contributed by atoms with van der Waals surface area (Å²) in [5.74, 6) is 0. The van der Waals surface area contributed by atoms with Crippen LogP contribution in [0.4, 0.5) is 0 Å². The molecule has 5 aromatic carbocycles. The summed E-state index contributed by atoms with van der Waals surface area (Å²) in [6.45, 7) is 0. The van der Waals surface area contributed by atoms with Crippen LogP contribution < -0.4 is 5.32 Å². The molecule has 0 fully saturated rings. The Hall–Kier alpha value is -3.84. The molecule has 0 amide bonds. The van der Waals surface area contributed by atoms with Gasteiger partial charge in [0.15, 0.2) is 0 Å². The summed E-state index contributed by atoms with van der Waals surface area (Å²) in [7, 11) is 0. The Morgan fingerprint density at radius 2 is 1.13 bits per heavy atom. The van der Waals surface area contributed by atoms with Crippen LogP contribution in [0, 0.1) is 0 Å². The number of benzene rings is 5. The third kappa shape index (κ3) is 2.56. The lowest BCUT2D eigenvalue weighted by Crippen LogP contribution is -2.16. The second-order valence-corrected chi connectivity index (χ2v) is 7.80. The minimum absolute atomic E-state index is 0.153. The molecule has 1 unspecified atom stereocenters. The monoisotopic (exact) mass is 383 g/mol. The van der Waals surface area contributed by atoms with Gasteiger partial charge in [-0.2, -0.15) is 0 Å². The average Bonchev–Trinajstić information content (AvgIpc) is 2.84. The number of allylic oxidation sites excluding steroid dienone is 2. The highest BCUT2D eigenvalue weighted by atomic mass is 14.9. The van der Waals surface area contributed by atoms with Crippen LogP contribution in [-0.2, 0) is 0 Å². The zero-order valence-corrected chi connectivity index (χ0v) is 16.5. The molecule has 1 N–H and O–H groups in total. The first kappa shape index (κ1) is 17.1. The van der Waals surface area contributed by atoms with Crippen molar-refractivity contribution in [1.82, 2.24) is 5.32 Å². The molecule has 0 radical (unpaired) electrons. The molecule has 0 aliphatic carbocycles. The molecule has 0 spiro atoms. The maximum Gasteiger partial charge on any atom is 0.0701 e. The van der Waals surface area contributed by atoms with Crippen LogP contribution in [0.5, 0.6) is 0 Å². The quantitative estimate of drug-likeness (QED) is 0.311. The predicted molar refractivity (Wildman–Crippen MR) is 129 cm³/mol. The Bertz CT molecular complexity index is 1420. The topological polar surface area (TPSA) is 12.0 Å². The average molecular weight is 383 g/mol. The summed E-state index contributed by atoms with van der Waals surface area (Å²) in [5.41, 5.74) is 3.87. The summed E-state index contributed by atoms with van der Waals surface area (Å²) >= 11 is 0. The van der Waals surface area contributed by atoms with Gasteiger partial charge in [0.1, 0.15) is 0 Å². The van der Waals surface area contributed by atoms with E-state index in [1.165, 1.54) is 49.0 Å². The molecule has 1 heteroatoms. The van der Waals surface area contributed by atoms with Gasteiger partial charge < -0.3 is 5.32 Å². The van der Waals surface area contributed by atoms with Gasteiger partial charge >= 0.3 is 0 Å². The molecule has 1 aliphatic heterocycles. The van der Waals surface area contributed by atoms with Crippen LogP contribution in [-0.4, -0.2) is 0 Å². The van der Waals surface area contributed by atoms with E-state index in [0.29, 0.717) is 0 Å². The minimum Gasteiger partial charge on any atom is -0.381 e. The van der Waals surface area contributed by atoms with Crippen molar-refractivity contribution in [2.24, 2.45) is 0 Å². The molecule has 1 heterocycles. The van der Waals surface area contributed by atoms with Crippen molar-refractivity contribution in [3.05, 3.63) is 121 Å². The Kier molecular flexibility index (Phi) is 3.92. The van der Waals surface area contributed by atoms with E-state index in [9.17, 15) is 0 Å². The summed E-state index contributed by atoms with van der Waals surface area (Å²) in [6.07, 6.45) is 8.43. The maximum atomic E-state index is 3.53. The van der Waals surface area contributed by atoms with Crippen LogP contribution in [0.1, 0.15) is 11.6 Å². The zero-order valence-electron chi connectivity index (χ0n) is 16.5. The highest BCUT2D eigenvalue weighted by molar-refractivity contribution is 6.28. The Balaban J connectivity index is 1.84. The smallest absolute Gasteiger partial charge is 0.0701 e. The van der Waals surface area contributed by atoms with Gasteiger partial charge in [-0.15, -0.1) is 0 Å². The van der Waals surface area contributed by atoms with Gasteiger partial charge in [0, 0.05) is 0 Å². The molecule has 1 nitrogen and oxygen atoms in total. The summed E-state index contributed by atoms with van der Waals surface area (Å²) < 4.78 is 0. The third-order valence-corrected chi connectivity index (χ3v) is 6.13. The molecule has 0 saturated heterocycles. The standard InChI is InChI=1S/C29H21N/c1-2-10-20(11-3-1)28-26(27-16-8-9-19-30-27)18-17-25-23-14-5-4-12-21(23)22-13-6-7-15-24(22)29(25)28/h1-19,27,30H.